The standard InChI is InChI=1S/C16H20N2O/c1-10(2)18-16(19)15(9-17)8-14-7-12(4)11(3)6-13(14)5/h6-8,10H,1-5H3,(H,18,19)/b15-8+. The Labute approximate surface area is 114 Å². The average Bonchev–Trinajstić information content (AvgIpc) is 2.31. The highest BCUT2D eigenvalue weighted by Gasteiger charge is 2.11. The van der Waals surface area contributed by atoms with Crippen molar-refractivity contribution < 1.29 is 4.79 Å². The van der Waals surface area contributed by atoms with Crippen molar-refractivity contribution >= 4 is 12.0 Å². The fourth-order valence-electron chi connectivity index (χ4n) is 1.78. The summed E-state index contributed by atoms with van der Waals surface area (Å²) < 4.78 is 0. The lowest BCUT2D eigenvalue weighted by Crippen LogP contribution is -2.30. The quantitative estimate of drug-likeness (QED) is 0.667. The number of rotatable bonds is 3. The molecule has 0 aromatic heterocycles. The minimum Gasteiger partial charge on any atom is -0.349 e. The van der Waals surface area contributed by atoms with Crippen molar-refractivity contribution in [2.24, 2.45) is 0 Å². The molecule has 0 fully saturated rings. The number of nitrogens with one attached hydrogen (secondary N) is 1. The first-order chi connectivity index (χ1) is 8.85. The van der Waals surface area contributed by atoms with E-state index < -0.39 is 0 Å². The maximum atomic E-state index is 11.9. The number of carbonyl (C=O) groups excluding carboxylic acids is 1. The van der Waals surface area contributed by atoms with Crippen molar-refractivity contribution in [3.8, 4) is 6.07 Å². The fraction of sp³-hybridized carbons (Fsp3) is 0.375. The topological polar surface area (TPSA) is 52.9 Å². The van der Waals surface area contributed by atoms with Crippen LogP contribution in [0.5, 0.6) is 0 Å². The molecule has 3 heteroatoms. The van der Waals surface area contributed by atoms with E-state index in [1.807, 2.05) is 46.8 Å². The van der Waals surface area contributed by atoms with Gasteiger partial charge in [0.2, 0.25) is 0 Å². The zero-order chi connectivity index (χ0) is 14.6. The third-order valence-electron chi connectivity index (χ3n) is 2.97. The smallest absolute Gasteiger partial charge is 0.262 e. The first-order valence-corrected chi connectivity index (χ1v) is 6.35. The predicted octanol–water partition coefficient (Wildman–Crippen LogP) is 3.04. The van der Waals surface area contributed by atoms with Crippen LogP contribution in [0.1, 0.15) is 36.1 Å². The second-order valence-electron chi connectivity index (χ2n) is 5.09. The second-order valence-corrected chi connectivity index (χ2v) is 5.09. The molecule has 0 aliphatic heterocycles. The zero-order valence-electron chi connectivity index (χ0n) is 12.2. The first-order valence-electron chi connectivity index (χ1n) is 6.35. The summed E-state index contributed by atoms with van der Waals surface area (Å²) in [7, 11) is 0. The molecule has 1 N–H and O–H groups in total. The van der Waals surface area contributed by atoms with Gasteiger partial charge in [0.05, 0.1) is 0 Å². The molecule has 0 saturated heterocycles. The third-order valence-corrected chi connectivity index (χ3v) is 2.97. The van der Waals surface area contributed by atoms with Gasteiger partial charge in [-0.05, 0) is 62.9 Å². The summed E-state index contributed by atoms with van der Waals surface area (Å²) >= 11 is 0. The van der Waals surface area contributed by atoms with Gasteiger partial charge in [-0.3, -0.25) is 4.79 Å². The van der Waals surface area contributed by atoms with Gasteiger partial charge in [0.25, 0.3) is 5.91 Å². The first kappa shape index (κ1) is 15.0. The normalized spacial score (nSPS) is 11.3. The number of carbonyl (C=O) groups is 1. The number of aryl methyl sites for hydroxylation is 3. The Hall–Kier alpha value is -2.08. The summed E-state index contributed by atoms with van der Waals surface area (Å²) in [6, 6.07) is 6.06. The summed E-state index contributed by atoms with van der Waals surface area (Å²) in [5.41, 5.74) is 4.48. The highest BCUT2D eigenvalue weighted by atomic mass is 16.1. The van der Waals surface area contributed by atoms with E-state index in [0.717, 1.165) is 16.7 Å². The maximum Gasteiger partial charge on any atom is 0.262 e. The van der Waals surface area contributed by atoms with E-state index in [1.54, 1.807) is 6.08 Å². The summed E-state index contributed by atoms with van der Waals surface area (Å²) in [6.07, 6.45) is 1.65. The molecule has 1 rings (SSSR count). The number of amides is 1. The van der Waals surface area contributed by atoms with Gasteiger partial charge in [-0.15, -0.1) is 0 Å². The maximum absolute atomic E-state index is 11.9. The average molecular weight is 256 g/mol. The molecule has 0 heterocycles. The SMILES string of the molecule is Cc1cc(C)c(/C=C(\C#N)C(=O)NC(C)C)cc1C. The number of nitrogens with zero attached hydrogens (tertiary/aromatic N) is 1. The van der Waals surface area contributed by atoms with Crippen LogP contribution >= 0.6 is 0 Å². The van der Waals surface area contributed by atoms with E-state index in [1.165, 1.54) is 5.56 Å². The van der Waals surface area contributed by atoms with Crippen molar-refractivity contribution in [1.29, 1.82) is 5.26 Å². The Morgan fingerprint density at radius 2 is 1.79 bits per heavy atom. The molecule has 0 atom stereocenters. The van der Waals surface area contributed by atoms with Crippen molar-refractivity contribution in [3.05, 3.63) is 40.0 Å². The minimum atomic E-state index is -0.324. The predicted molar refractivity (Wildman–Crippen MR) is 77.5 cm³/mol. The van der Waals surface area contributed by atoms with Crippen LogP contribution in [0.4, 0.5) is 0 Å². The van der Waals surface area contributed by atoms with Crippen LogP contribution in [0.25, 0.3) is 6.08 Å². The molecular weight excluding hydrogens is 236 g/mol. The molecule has 1 amide bonds. The van der Waals surface area contributed by atoms with Gasteiger partial charge in [0.1, 0.15) is 11.6 Å². The van der Waals surface area contributed by atoms with Gasteiger partial charge in [0.15, 0.2) is 0 Å². The molecule has 3 nitrogen and oxygen atoms in total. The van der Waals surface area contributed by atoms with E-state index >= 15 is 0 Å². The van der Waals surface area contributed by atoms with E-state index in [4.69, 9.17) is 5.26 Å². The molecule has 0 unspecified atom stereocenters. The molecule has 0 saturated carbocycles. The molecule has 0 bridgehead atoms. The highest BCUT2D eigenvalue weighted by Crippen LogP contribution is 2.18. The molecule has 100 valence electrons. The lowest BCUT2D eigenvalue weighted by molar-refractivity contribution is -0.117. The molecule has 0 radical (unpaired) electrons. The fourth-order valence-corrected chi connectivity index (χ4v) is 1.78. The molecule has 1 aromatic carbocycles. The van der Waals surface area contributed by atoms with Crippen molar-refractivity contribution in [2.45, 2.75) is 40.7 Å². The number of benzene rings is 1. The molecule has 0 aliphatic carbocycles. The Morgan fingerprint density at radius 1 is 1.21 bits per heavy atom. The van der Waals surface area contributed by atoms with Crippen LogP contribution < -0.4 is 5.32 Å². The van der Waals surface area contributed by atoms with Crippen LogP contribution in [0.2, 0.25) is 0 Å². The van der Waals surface area contributed by atoms with Gasteiger partial charge < -0.3 is 5.32 Å². The Balaban J connectivity index is 3.16. The summed E-state index contributed by atoms with van der Waals surface area (Å²) in [6.45, 7) is 9.79. The zero-order valence-corrected chi connectivity index (χ0v) is 12.2. The van der Waals surface area contributed by atoms with Crippen LogP contribution in [0, 0.1) is 32.1 Å². The molecule has 0 spiro atoms. The summed E-state index contributed by atoms with van der Waals surface area (Å²) in [5.74, 6) is -0.324. The lowest BCUT2D eigenvalue weighted by Gasteiger charge is -2.09. The van der Waals surface area contributed by atoms with Gasteiger partial charge in [-0.2, -0.15) is 5.26 Å². The van der Waals surface area contributed by atoms with Gasteiger partial charge in [-0.1, -0.05) is 12.1 Å². The molecular formula is C16H20N2O. The minimum absolute atomic E-state index is 0.0186. The van der Waals surface area contributed by atoms with Gasteiger partial charge in [-0.25, -0.2) is 0 Å². The number of hydrogen-bond acceptors (Lipinski definition) is 2. The largest absolute Gasteiger partial charge is 0.349 e. The number of hydrogen-bond donors (Lipinski definition) is 1. The van der Waals surface area contributed by atoms with Crippen LogP contribution in [-0.4, -0.2) is 11.9 Å². The Morgan fingerprint density at radius 3 is 2.32 bits per heavy atom. The van der Waals surface area contributed by atoms with Crippen LogP contribution in [0.15, 0.2) is 17.7 Å². The summed E-state index contributed by atoms with van der Waals surface area (Å²) in [4.78, 5) is 11.9. The van der Waals surface area contributed by atoms with E-state index in [9.17, 15) is 4.79 Å². The van der Waals surface area contributed by atoms with Crippen LogP contribution in [-0.2, 0) is 4.79 Å². The second kappa shape index (κ2) is 6.19. The van der Waals surface area contributed by atoms with Gasteiger partial charge in [0, 0.05) is 6.04 Å². The third kappa shape index (κ3) is 3.96. The van der Waals surface area contributed by atoms with E-state index in [-0.39, 0.29) is 17.5 Å². The van der Waals surface area contributed by atoms with Crippen molar-refractivity contribution in [2.75, 3.05) is 0 Å². The van der Waals surface area contributed by atoms with Crippen molar-refractivity contribution in [1.82, 2.24) is 5.32 Å². The number of nitriles is 1. The molecule has 0 aliphatic rings. The van der Waals surface area contributed by atoms with E-state index in [2.05, 4.69) is 11.4 Å². The molecule has 1 aromatic rings. The van der Waals surface area contributed by atoms with E-state index in [0.29, 0.717) is 0 Å². The Bertz CT molecular complexity index is 563. The highest BCUT2D eigenvalue weighted by molar-refractivity contribution is 6.01. The van der Waals surface area contributed by atoms with Crippen molar-refractivity contribution in [3.63, 3.8) is 0 Å². The van der Waals surface area contributed by atoms with Crippen LogP contribution in [0.3, 0.4) is 0 Å². The summed E-state index contributed by atoms with van der Waals surface area (Å²) in [5, 5.41) is 11.8. The molecule has 19 heavy (non-hydrogen) atoms. The van der Waals surface area contributed by atoms with Gasteiger partial charge >= 0.3 is 0 Å². The lowest BCUT2D eigenvalue weighted by atomic mass is 9.99. The monoisotopic (exact) mass is 256 g/mol. The Kier molecular flexibility index (Phi) is 4.88.